The lowest BCUT2D eigenvalue weighted by molar-refractivity contribution is -0.185. The lowest BCUT2D eigenvalue weighted by Crippen LogP contribution is -2.61. The second-order valence-electron chi connectivity index (χ2n) is 12.6. The highest BCUT2D eigenvalue weighted by Crippen LogP contribution is 2.49. The number of carbonyl (C=O) groups excluding carboxylic acids is 2. The lowest BCUT2D eigenvalue weighted by Gasteiger charge is -2.48. The van der Waals surface area contributed by atoms with Gasteiger partial charge < -0.3 is 25.2 Å². The van der Waals surface area contributed by atoms with Crippen LogP contribution in [0.1, 0.15) is 81.7 Å². The molecule has 2 unspecified atom stereocenters. The van der Waals surface area contributed by atoms with Crippen LogP contribution in [-0.4, -0.2) is 60.0 Å². The van der Waals surface area contributed by atoms with Crippen LogP contribution in [0, 0.1) is 5.92 Å². The molecule has 1 saturated heterocycles. The number of fused-ring (bicyclic) bond motifs is 1. The minimum absolute atomic E-state index is 0.0741. The first-order valence-electron chi connectivity index (χ1n) is 15.8. The van der Waals surface area contributed by atoms with Crippen LogP contribution in [0.15, 0.2) is 52.6 Å². The fraction of sp³-hybridized carbons (Fsp3) is 0.529. The summed E-state index contributed by atoms with van der Waals surface area (Å²) in [6, 6.07) is 6.28. The normalized spacial score (nSPS) is 25.9. The number of primary amides is 1. The van der Waals surface area contributed by atoms with Gasteiger partial charge in [-0.15, -0.1) is 0 Å². The van der Waals surface area contributed by atoms with E-state index in [0.29, 0.717) is 60.7 Å². The number of nitrogens with zero attached hydrogens (tertiary/aromatic N) is 3. The van der Waals surface area contributed by atoms with Crippen LogP contribution in [0.5, 0.6) is 5.75 Å². The summed E-state index contributed by atoms with van der Waals surface area (Å²) in [7, 11) is 1.88. The number of carbonyl (C=O) groups is 2. The van der Waals surface area contributed by atoms with E-state index < -0.39 is 11.5 Å². The number of hydrogen-bond donors (Lipinski definition) is 2. The summed E-state index contributed by atoms with van der Waals surface area (Å²) in [6.07, 6.45) is 12.8. The van der Waals surface area contributed by atoms with Gasteiger partial charge in [-0.25, -0.2) is 8.78 Å². The van der Waals surface area contributed by atoms with Crippen LogP contribution in [0.3, 0.4) is 0 Å². The van der Waals surface area contributed by atoms with E-state index in [0.717, 1.165) is 36.7 Å². The molecule has 2 atom stereocenters. The Labute approximate surface area is 262 Å². The van der Waals surface area contributed by atoms with E-state index in [9.17, 15) is 9.59 Å². The standard InChI is InChI=1S/C27H29F2N3O3.C7H14N2O/c1-18(2)24-30-25(35-31-24)32-13-11-26(12-14-32)27(28,29)16-22-15-21(9-10-23(22)34-26)20-7-3-5-19(17-33)6-4-8-20;1-9-6-4-2-3-5(6)7(8)10/h3,5-6,8-10,15,17-18H,4,7,11-14,16H2,1-2H3;5-6,9H,2-4H2,1H3,(H2,8,10)/b5-3?,19-6+,20-8+;. The number of ether oxygens (including phenoxy) is 1. The third-order valence-corrected chi connectivity index (χ3v) is 9.36. The number of halogens is 2. The van der Waals surface area contributed by atoms with Gasteiger partial charge in [-0.3, -0.25) is 9.59 Å². The fourth-order valence-corrected chi connectivity index (χ4v) is 6.60. The Bertz CT molecular complexity index is 1470. The molecular formula is C34H43F2N5O4. The Balaban J connectivity index is 0.000000342. The predicted molar refractivity (Wildman–Crippen MR) is 168 cm³/mol. The van der Waals surface area contributed by atoms with E-state index in [1.807, 2.05) is 62.2 Å². The molecule has 0 radical (unpaired) electrons. The molecule has 1 aromatic heterocycles. The van der Waals surface area contributed by atoms with Crippen molar-refractivity contribution >= 4 is 23.8 Å². The van der Waals surface area contributed by atoms with Crippen molar-refractivity contribution in [1.82, 2.24) is 15.5 Å². The molecule has 6 rings (SSSR count). The van der Waals surface area contributed by atoms with Gasteiger partial charge in [0.25, 0.3) is 5.92 Å². The largest absolute Gasteiger partial charge is 0.481 e. The predicted octanol–water partition coefficient (Wildman–Crippen LogP) is 5.52. The molecule has 0 bridgehead atoms. The number of amides is 1. The second-order valence-corrected chi connectivity index (χ2v) is 12.6. The van der Waals surface area contributed by atoms with E-state index in [2.05, 4.69) is 15.5 Å². The number of alkyl halides is 2. The summed E-state index contributed by atoms with van der Waals surface area (Å²) >= 11 is 0. The molecule has 3 heterocycles. The van der Waals surface area contributed by atoms with Crippen molar-refractivity contribution in [2.45, 2.75) is 88.7 Å². The van der Waals surface area contributed by atoms with Gasteiger partial charge >= 0.3 is 6.01 Å². The van der Waals surface area contributed by atoms with Gasteiger partial charge in [-0.05, 0) is 56.0 Å². The highest BCUT2D eigenvalue weighted by molar-refractivity contribution is 5.79. The van der Waals surface area contributed by atoms with Crippen molar-refractivity contribution in [1.29, 1.82) is 0 Å². The summed E-state index contributed by atoms with van der Waals surface area (Å²) in [5.74, 6) is -1.81. The molecular weight excluding hydrogens is 580 g/mol. The highest BCUT2D eigenvalue weighted by atomic mass is 19.3. The molecule has 4 aliphatic rings. The molecule has 242 valence electrons. The molecule has 1 spiro atoms. The van der Waals surface area contributed by atoms with E-state index in [-0.39, 0.29) is 37.0 Å². The molecule has 45 heavy (non-hydrogen) atoms. The molecule has 1 amide bonds. The van der Waals surface area contributed by atoms with Gasteiger partial charge in [-0.2, -0.15) is 4.98 Å². The number of piperidine rings is 1. The molecule has 11 heteroatoms. The van der Waals surface area contributed by atoms with Gasteiger partial charge in [0.2, 0.25) is 5.91 Å². The topological polar surface area (TPSA) is 124 Å². The summed E-state index contributed by atoms with van der Waals surface area (Å²) in [6.45, 7) is 4.67. The third kappa shape index (κ3) is 7.03. The van der Waals surface area contributed by atoms with Crippen molar-refractivity contribution in [3.8, 4) is 5.75 Å². The zero-order chi connectivity index (χ0) is 32.2. The van der Waals surface area contributed by atoms with E-state index in [1.165, 1.54) is 0 Å². The molecule has 1 saturated carbocycles. The first-order valence-corrected chi connectivity index (χ1v) is 15.8. The zero-order valence-electron chi connectivity index (χ0n) is 26.2. The maximum atomic E-state index is 15.6. The molecule has 2 aliphatic heterocycles. The summed E-state index contributed by atoms with van der Waals surface area (Å²) in [5.41, 5.74) is 6.76. The maximum Gasteiger partial charge on any atom is 0.324 e. The Morgan fingerprint density at radius 3 is 2.62 bits per heavy atom. The van der Waals surface area contributed by atoms with Gasteiger partial charge in [0.15, 0.2) is 11.4 Å². The number of benzene rings is 1. The minimum atomic E-state index is -3.00. The fourth-order valence-electron chi connectivity index (χ4n) is 6.60. The summed E-state index contributed by atoms with van der Waals surface area (Å²) in [5, 5.41) is 7.08. The second kappa shape index (κ2) is 13.6. The van der Waals surface area contributed by atoms with Gasteiger partial charge in [0.05, 0.1) is 5.92 Å². The molecule has 3 N–H and O–H groups in total. The Morgan fingerprint density at radius 2 is 1.98 bits per heavy atom. The summed E-state index contributed by atoms with van der Waals surface area (Å²) in [4.78, 5) is 28.0. The van der Waals surface area contributed by atoms with Crippen LogP contribution in [0.25, 0.3) is 5.57 Å². The number of rotatable bonds is 6. The monoisotopic (exact) mass is 623 g/mol. The van der Waals surface area contributed by atoms with E-state index in [1.54, 1.807) is 6.08 Å². The van der Waals surface area contributed by atoms with Crippen LogP contribution in [-0.2, 0) is 16.0 Å². The number of anilines is 1. The average molecular weight is 624 g/mol. The molecule has 2 aliphatic carbocycles. The molecule has 2 fully saturated rings. The number of allylic oxidation sites excluding steroid dienone is 6. The number of nitrogens with two attached hydrogens (primary N) is 1. The first-order chi connectivity index (χ1) is 21.6. The van der Waals surface area contributed by atoms with Gasteiger partial charge in [0, 0.05) is 55.4 Å². The van der Waals surface area contributed by atoms with Crippen LogP contribution in [0.2, 0.25) is 0 Å². The first kappa shape index (κ1) is 32.5. The quantitative estimate of drug-likeness (QED) is 0.403. The lowest BCUT2D eigenvalue weighted by atomic mass is 9.79. The third-order valence-electron chi connectivity index (χ3n) is 9.36. The van der Waals surface area contributed by atoms with Gasteiger partial charge in [0.1, 0.15) is 12.0 Å². The van der Waals surface area contributed by atoms with Crippen LogP contribution < -0.4 is 20.7 Å². The Morgan fingerprint density at radius 1 is 1.20 bits per heavy atom. The van der Waals surface area contributed by atoms with E-state index in [4.69, 9.17) is 15.0 Å². The molecule has 1 aromatic carbocycles. The Hall–Kier alpha value is -3.86. The number of nitrogens with one attached hydrogen (secondary N) is 1. The average Bonchev–Trinajstić information content (AvgIpc) is 3.69. The molecule has 9 nitrogen and oxygen atoms in total. The van der Waals surface area contributed by atoms with Crippen molar-refractivity contribution in [2.75, 3.05) is 25.0 Å². The van der Waals surface area contributed by atoms with Crippen molar-refractivity contribution in [3.63, 3.8) is 0 Å². The van der Waals surface area contributed by atoms with Crippen molar-refractivity contribution in [2.24, 2.45) is 11.7 Å². The van der Waals surface area contributed by atoms with Crippen molar-refractivity contribution in [3.05, 3.63) is 65.0 Å². The Kier molecular flexibility index (Phi) is 9.86. The maximum absolute atomic E-state index is 15.6. The number of hydrogen-bond acceptors (Lipinski definition) is 8. The van der Waals surface area contributed by atoms with Gasteiger partial charge in [-0.1, -0.05) is 55.8 Å². The minimum Gasteiger partial charge on any atom is -0.481 e. The number of aldehydes is 1. The SMILES string of the molecule is CC(C)c1noc(N2CCC3(CC2)Oc2ccc(/C4=C/C/C=C(/C=O)C=CC4)cc2CC3(F)F)n1.CNC1CCCC1C(N)=O. The molecule has 2 aromatic rings. The van der Waals surface area contributed by atoms with E-state index >= 15 is 8.78 Å². The van der Waals surface area contributed by atoms with Crippen LogP contribution in [0.4, 0.5) is 14.8 Å². The smallest absolute Gasteiger partial charge is 0.324 e. The number of aromatic nitrogens is 2. The van der Waals surface area contributed by atoms with Crippen LogP contribution >= 0.6 is 0 Å². The van der Waals surface area contributed by atoms with Crippen molar-refractivity contribution < 1.29 is 27.6 Å². The zero-order valence-corrected chi connectivity index (χ0v) is 26.2. The highest BCUT2D eigenvalue weighted by Gasteiger charge is 2.59. The summed E-state index contributed by atoms with van der Waals surface area (Å²) < 4.78 is 42.6.